The fraction of sp³-hybridized carbons (Fsp3) is 0.571. The van der Waals surface area contributed by atoms with Crippen LogP contribution in [0.5, 0.6) is 0 Å². The quantitative estimate of drug-likeness (QED) is 0.774. The lowest BCUT2D eigenvalue weighted by Gasteiger charge is -2.22. The maximum atomic E-state index is 11.4. The number of hydrogen-bond donors (Lipinski definition) is 1. The van der Waals surface area contributed by atoms with Crippen LogP contribution in [0.3, 0.4) is 0 Å². The molecule has 0 saturated carbocycles. The zero-order valence-corrected chi connectivity index (χ0v) is 14.8. The molecular formula is C14H26ClN3O2S. The number of nitrogen functional groups attached to an aromatic ring is 1. The first-order chi connectivity index (χ1) is 9.29. The topological polar surface area (TPSA) is 66.6 Å². The molecule has 5 nitrogen and oxygen atoms in total. The van der Waals surface area contributed by atoms with Crippen molar-refractivity contribution in [2.45, 2.75) is 20.3 Å². The number of rotatable bonds is 7. The first kappa shape index (κ1) is 20.0. The number of likely N-dealkylation sites (N-methyl/N-ethyl adjacent to an activating group) is 1. The Balaban J connectivity index is 0.00000400. The summed E-state index contributed by atoms with van der Waals surface area (Å²) in [6, 6.07) is 5.95. The Morgan fingerprint density at radius 2 is 1.76 bits per heavy atom. The number of nitrogens with zero attached hydrogens (tertiary/aromatic N) is 2. The number of anilines is 2. The number of nitrogens with two attached hydrogens (primary N) is 1. The second-order valence-corrected chi connectivity index (χ2v) is 6.98. The molecule has 0 unspecified atom stereocenters. The first-order valence-electron chi connectivity index (χ1n) is 6.84. The van der Waals surface area contributed by atoms with E-state index in [-0.39, 0.29) is 12.4 Å². The van der Waals surface area contributed by atoms with E-state index >= 15 is 0 Å². The van der Waals surface area contributed by atoms with Crippen LogP contribution in [0.4, 0.5) is 11.4 Å². The second-order valence-electron chi connectivity index (χ2n) is 4.89. The number of benzene rings is 1. The van der Waals surface area contributed by atoms with Crippen molar-refractivity contribution >= 4 is 33.8 Å². The molecule has 0 heterocycles. The Bertz CT molecular complexity index is 545. The Labute approximate surface area is 134 Å². The molecule has 0 saturated heterocycles. The monoisotopic (exact) mass is 335 g/mol. The molecule has 0 aliphatic carbocycles. The molecule has 0 spiro atoms. The van der Waals surface area contributed by atoms with Crippen molar-refractivity contribution in [1.29, 1.82) is 0 Å². The number of halogens is 1. The summed E-state index contributed by atoms with van der Waals surface area (Å²) >= 11 is 0. The van der Waals surface area contributed by atoms with Gasteiger partial charge in [-0.15, -0.1) is 12.4 Å². The second kappa shape index (κ2) is 8.46. The molecular weight excluding hydrogens is 310 g/mol. The molecule has 2 N–H and O–H groups in total. The highest BCUT2D eigenvalue weighted by atomic mass is 35.5. The van der Waals surface area contributed by atoms with E-state index < -0.39 is 10.0 Å². The van der Waals surface area contributed by atoms with Crippen LogP contribution in [0, 0.1) is 0 Å². The third-order valence-corrected chi connectivity index (χ3v) is 4.83. The van der Waals surface area contributed by atoms with E-state index in [4.69, 9.17) is 5.73 Å². The fourth-order valence-corrected chi connectivity index (χ4v) is 2.46. The third-order valence-electron chi connectivity index (χ3n) is 3.52. The van der Waals surface area contributed by atoms with E-state index in [9.17, 15) is 8.42 Å². The highest BCUT2D eigenvalue weighted by molar-refractivity contribution is 7.88. The van der Waals surface area contributed by atoms with E-state index in [1.165, 1.54) is 10.6 Å². The molecule has 1 aromatic rings. The van der Waals surface area contributed by atoms with Crippen LogP contribution in [-0.2, 0) is 16.4 Å². The van der Waals surface area contributed by atoms with Gasteiger partial charge in [-0.3, -0.25) is 0 Å². The summed E-state index contributed by atoms with van der Waals surface area (Å²) in [5.74, 6) is 0. The van der Waals surface area contributed by atoms with Crippen LogP contribution in [0.1, 0.15) is 19.4 Å². The molecule has 0 aromatic heterocycles. The van der Waals surface area contributed by atoms with E-state index in [0.29, 0.717) is 18.7 Å². The van der Waals surface area contributed by atoms with Gasteiger partial charge < -0.3 is 10.6 Å². The van der Waals surface area contributed by atoms with Crippen LogP contribution < -0.4 is 10.6 Å². The fourth-order valence-electron chi connectivity index (χ4n) is 2.04. The highest BCUT2D eigenvalue weighted by Gasteiger charge is 2.12. The smallest absolute Gasteiger partial charge is 0.210 e. The number of hydrogen-bond acceptors (Lipinski definition) is 4. The predicted octanol–water partition coefficient (Wildman–Crippen LogP) is 1.97. The third kappa shape index (κ3) is 5.73. The maximum absolute atomic E-state index is 11.4. The molecule has 0 fully saturated rings. The van der Waals surface area contributed by atoms with Gasteiger partial charge in [-0.05, 0) is 44.0 Å². The Morgan fingerprint density at radius 3 is 2.24 bits per heavy atom. The Morgan fingerprint density at radius 1 is 1.19 bits per heavy atom. The largest absolute Gasteiger partial charge is 0.399 e. The summed E-state index contributed by atoms with van der Waals surface area (Å²) in [6.07, 6.45) is 1.83. The minimum absolute atomic E-state index is 0. The predicted molar refractivity (Wildman–Crippen MR) is 92.8 cm³/mol. The first-order valence-corrected chi connectivity index (χ1v) is 8.69. The van der Waals surface area contributed by atoms with Gasteiger partial charge in [0.1, 0.15) is 0 Å². The van der Waals surface area contributed by atoms with Crippen LogP contribution in [-0.4, -0.2) is 45.7 Å². The lowest BCUT2D eigenvalue weighted by atomic mass is 10.1. The Hall–Kier alpha value is -0.980. The molecule has 0 atom stereocenters. The van der Waals surface area contributed by atoms with Gasteiger partial charge in [0.25, 0.3) is 0 Å². The summed E-state index contributed by atoms with van der Waals surface area (Å²) in [5, 5.41) is 0. The van der Waals surface area contributed by atoms with Gasteiger partial charge in [-0.25, -0.2) is 12.7 Å². The van der Waals surface area contributed by atoms with Crippen LogP contribution in [0.25, 0.3) is 0 Å². The van der Waals surface area contributed by atoms with Gasteiger partial charge in [-0.2, -0.15) is 0 Å². The van der Waals surface area contributed by atoms with Crippen molar-refractivity contribution in [1.82, 2.24) is 4.31 Å². The van der Waals surface area contributed by atoms with Gasteiger partial charge >= 0.3 is 0 Å². The normalized spacial score (nSPS) is 11.3. The summed E-state index contributed by atoms with van der Waals surface area (Å²) in [6.45, 7) is 6.52. The average Bonchev–Trinajstić information content (AvgIpc) is 2.38. The summed E-state index contributed by atoms with van der Waals surface area (Å²) in [7, 11) is -1.56. The highest BCUT2D eigenvalue weighted by Crippen LogP contribution is 2.22. The summed E-state index contributed by atoms with van der Waals surface area (Å²) in [5.41, 5.74) is 8.81. The zero-order chi connectivity index (χ0) is 15.3. The van der Waals surface area contributed by atoms with E-state index in [1.807, 2.05) is 12.1 Å². The average molecular weight is 336 g/mol. The molecule has 7 heteroatoms. The van der Waals surface area contributed by atoms with Crippen molar-refractivity contribution in [2.75, 3.05) is 43.6 Å². The summed E-state index contributed by atoms with van der Waals surface area (Å²) < 4.78 is 24.1. The van der Waals surface area contributed by atoms with Gasteiger partial charge in [-0.1, -0.05) is 0 Å². The van der Waals surface area contributed by atoms with Crippen LogP contribution in [0.15, 0.2) is 18.2 Å². The van der Waals surface area contributed by atoms with Crippen molar-refractivity contribution in [3.63, 3.8) is 0 Å². The maximum Gasteiger partial charge on any atom is 0.210 e. The van der Waals surface area contributed by atoms with E-state index in [0.717, 1.165) is 24.3 Å². The lowest BCUT2D eigenvalue weighted by Crippen LogP contribution is -2.28. The Kier molecular flexibility index (Phi) is 8.06. The molecule has 0 aliphatic rings. The molecule has 0 radical (unpaired) electrons. The molecule has 122 valence electrons. The minimum Gasteiger partial charge on any atom is -0.399 e. The molecule has 0 bridgehead atoms. The van der Waals surface area contributed by atoms with Gasteiger partial charge in [0.05, 0.1) is 6.26 Å². The minimum atomic E-state index is -3.14. The standard InChI is InChI=1S/C14H25N3O2S.ClH/c1-5-17(6-2)13-7-8-14(15)12(11-13)9-10-16(3)20(4,18)19;/h7-8,11H,5-6,9-10,15H2,1-4H3;1H. The van der Waals surface area contributed by atoms with Crippen molar-refractivity contribution in [3.8, 4) is 0 Å². The SMILES string of the molecule is CCN(CC)c1ccc(N)c(CCN(C)S(C)(=O)=O)c1.Cl. The van der Waals surface area contributed by atoms with Crippen LogP contribution in [0.2, 0.25) is 0 Å². The molecule has 1 aromatic carbocycles. The van der Waals surface area contributed by atoms with Crippen LogP contribution >= 0.6 is 12.4 Å². The lowest BCUT2D eigenvalue weighted by molar-refractivity contribution is 0.478. The van der Waals surface area contributed by atoms with Crippen molar-refractivity contribution < 1.29 is 8.42 Å². The van der Waals surface area contributed by atoms with E-state index in [1.54, 1.807) is 7.05 Å². The molecule has 0 amide bonds. The van der Waals surface area contributed by atoms with Crippen molar-refractivity contribution in [2.24, 2.45) is 0 Å². The number of sulfonamides is 1. The zero-order valence-electron chi connectivity index (χ0n) is 13.2. The molecule has 1 rings (SSSR count). The van der Waals surface area contributed by atoms with Gasteiger partial charge in [0.2, 0.25) is 10.0 Å². The van der Waals surface area contributed by atoms with Gasteiger partial charge in [0, 0.05) is 38.1 Å². The molecule has 21 heavy (non-hydrogen) atoms. The summed E-state index contributed by atoms with van der Waals surface area (Å²) in [4.78, 5) is 2.24. The molecule has 0 aliphatic heterocycles. The van der Waals surface area contributed by atoms with E-state index in [2.05, 4.69) is 24.8 Å². The van der Waals surface area contributed by atoms with Crippen molar-refractivity contribution in [3.05, 3.63) is 23.8 Å². The van der Waals surface area contributed by atoms with Gasteiger partial charge in [0.15, 0.2) is 0 Å².